The van der Waals surface area contributed by atoms with Crippen LogP contribution in [0.5, 0.6) is 0 Å². The Morgan fingerprint density at radius 1 is 1.17 bits per heavy atom. The smallest absolute Gasteiger partial charge is 0.228 e. The fourth-order valence-electron chi connectivity index (χ4n) is 4.60. The summed E-state index contributed by atoms with van der Waals surface area (Å²) in [6.07, 6.45) is 4.16. The molecule has 0 aliphatic heterocycles. The molecule has 18 heavy (non-hydrogen) atoms. The molecular formula is C16H19NO. The van der Waals surface area contributed by atoms with E-state index in [-0.39, 0.29) is 5.91 Å². The summed E-state index contributed by atoms with van der Waals surface area (Å²) in [5.41, 5.74) is 2.14. The van der Waals surface area contributed by atoms with Crippen LogP contribution in [0.15, 0.2) is 24.3 Å². The number of hydrogen-bond donors (Lipinski definition) is 1. The lowest BCUT2D eigenvalue weighted by Crippen LogP contribution is -2.19. The lowest BCUT2D eigenvalue weighted by atomic mass is 10.0. The van der Waals surface area contributed by atoms with Gasteiger partial charge in [-0.2, -0.15) is 0 Å². The number of amides is 1. The third-order valence-electron chi connectivity index (χ3n) is 5.44. The monoisotopic (exact) mass is 241 g/mol. The molecular weight excluding hydrogens is 222 g/mol. The minimum absolute atomic E-state index is 0.274. The van der Waals surface area contributed by atoms with Crippen LogP contribution in [0.25, 0.3) is 0 Å². The highest BCUT2D eigenvalue weighted by atomic mass is 16.2. The van der Waals surface area contributed by atoms with E-state index >= 15 is 0 Å². The average Bonchev–Trinajstić information content (AvgIpc) is 2.82. The lowest BCUT2D eigenvalue weighted by molar-refractivity contribution is -0.118. The molecule has 3 fully saturated rings. The van der Waals surface area contributed by atoms with Crippen LogP contribution >= 0.6 is 0 Å². The zero-order valence-corrected chi connectivity index (χ0v) is 10.7. The topological polar surface area (TPSA) is 29.1 Å². The van der Waals surface area contributed by atoms with Crippen molar-refractivity contribution in [3.63, 3.8) is 0 Å². The second kappa shape index (κ2) is 3.59. The molecule has 4 rings (SSSR count). The standard InChI is InChI=1S/C16H19NO/c1-9-4-2-3-5-12(9)17-16(18)15-13-10-6-7-11(8-10)14(13)15/h2-5,10-11,13-15H,6-8H2,1H3,(H,17,18). The highest BCUT2D eigenvalue weighted by molar-refractivity contribution is 5.95. The quantitative estimate of drug-likeness (QED) is 0.846. The maximum Gasteiger partial charge on any atom is 0.228 e. The number of carbonyl (C=O) groups excluding carboxylic acids is 1. The lowest BCUT2D eigenvalue weighted by Gasteiger charge is -2.11. The molecule has 4 atom stereocenters. The summed E-state index contributed by atoms with van der Waals surface area (Å²) in [6.45, 7) is 2.05. The second-order valence-electron chi connectivity index (χ2n) is 6.32. The summed E-state index contributed by atoms with van der Waals surface area (Å²) in [5.74, 6) is 3.80. The first-order valence-electron chi connectivity index (χ1n) is 7.12. The highest BCUT2D eigenvalue weighted by Crippen LogP contribution is 2.69. The maximum atomic E-state index is 12.3. The molecule has 1 N–H and O–H groups in total. The number of carbonyl (C=O) groups is 1. The summed E-state index contributed by atoms with van der Waals surface area (Å²) < 4.78 is 0. The predicted molar refractivity (Wildman–Crippen MR) is 71.1 cm³/mol. The summed E-state index contributed by atoms with van der Waals surface area (Å²) >= 11 is 0. The molecule has 1 aromatic rings. The molecule has 0 spiro atoms. The Hall–Kier alpha value is -1.31. The number of para-hydroxylation sites is 1. The van der Waals surface area contributed by atoms with Gasteiger partial charge >= 0.3 is 0 Å². The summed E-state index contributed by atoms with van der Waals surface area (Å²) in [5, 5.41) is 3.13. The first kappa shape index (κ1) is 10.6. The second-order valence-corrected chi connectivity index (χ2v) is 6.32. The Balaban J connectivity index is 1.48. The number of aryl methyl sites for hydroxylation is 1. The van der Waals surface area contributed by atoms with E-state index in [4.69, 9.17) is 0 Å². The Morgan fingerprint density at radius 3 is 2.50 bits per heavy atom. The van der Waals surface area contributed by atoms with Crippen molar-refractivity contribution in [3.05, 3.63) is 29.8 Å². The largest absolute Gasteiger partial charge is 0.326 e. The van der Waals surface area contributed by atoms with Gasteiger partial charge in [0.1, 0.15) is 0 Å². The van der Waals surface area contributed by atoms with Gasteiger partial charge in [0, 0.05) is 11.6 Å². The molecule has 4 unspecified atom stereocenters. The molecule has 2 bridgehead atoms. The van der Waals surface area contributed by atoms with Crippen LogP contribution in [0.3, 0.4) is 0 Å². The molecule has 1 aromatic carbocycles. The highest BCUT2D eigenvalue weighted by Gasteiger charge is 2.67. The van der Waals surface area contributed by atoms with Crippen LogP contribution in [0.4, 0.5) is 5.69 Å². The van der Waals surface area contributed by atoms with E-state index in [0.717, 1.165) is 34.9 Å². The number of hydrogen-bond acceptors (Lipinski definition) is 1. The average molecular weight is 241 g/mol. The minimum atomic E-state index is 0.274. The van der Waals surface area contributed by atoms with E-state index in [1.807, 2.05) is 31.2 Å². The Morgan fingerprint density at radius 2 is 1.83 bits per heavy atom. The first-order chi connectivity index (χ1) is 8.75. The van der Waals surface area contributed by atoms with E-state index in [2.05, 4.69) is 5.32 Å². The molecule has 2 nitrogen and oxygen atoms in total. The van der Waals surface area contributed by atoms with Crippen molar-refractivity contribution < 1.29 is 4.79 Å². The van der Waals surface area contributed by atoms with E-state index < -0.39 is 0 Å². The molecule has 0 saturated heterocycles. The van der Waals surface area contributed by atoms with Crippen LogP contribution in [-0.4, -0.2) is 5.91 Å². The van der Waals surface area contributed by atoms with E-state index in [0.29, 0.717) is 5.92 Å². The fraction of sp³-hybridized carbons (Fsp3) is 0.562. The molecule has 3 aliphatic rings. The van der Waals surface area contributed by atoms with Gasteiger partial charge in [0.15, 0.2) is 0 Å². The maximum absolute atomic E-state index is 12.3. The molecule has 3 aliphatic carbocycles. The van der Waals surface area contributed by atoms with Crippen LogP contribution in [0, 0.1) is 36.5 Å². The van der Waals surface area contributed by atoms with Gasteiger partial charge in [-0.25, -0.2) is 0 Å². The predicted octanol–water partition coefficient (Wildman–Crippen LogP) is 3.23. The minimum Gasteiger partial charge on any atom is -0.326 e. The van der Waals surface area contributed by atoms with Crippen molar-refractivity contribution in [2.24, 2.45) is 29.6 Å². The van der Waals surface area contributed by atoms with Gasteiger partial charge in [0.05, 0.1) is 0 Å². The third kappa shape index (κ3) is 1.38. The Bertz CT molecular complexity index is 494. The summed E-state index contributed by atoms with van der Waals surface area (Å²) in [7, 11) is 0. The zero-order chi connectivity index (χ0) is 12.3. The normalized spacial score (nSPS) is 39.5. The van der Waals surface area contributed by atoms with Gasteiger partial charge in [-0.15, -0.1) is 0 Å². The Kier molecular flexibility index (Phi) is 2.12. The van der Waals surface area contributed by atoms with Gasteiger partial charge in [-0.1, -0.05) is 18.2 Å². The summed E-state index contributed by atoms with van der Waals surface area (Å²) in [6, 6.07) is 8.05. The van der Waals surface area contributed by atoms with Gasteiger partial charge in [-0.3, -0.25) is 4.79 Å². The fourth-order valence-corrected chi connectivity index (χ4v) is 4.60. The van der Waals surface area contributed by atoms with Crippen molar-refractivity contribution in [3.8, 4) is 0 Å². The van der Waals surface area contributed by atoms with Gasteiger partial charge in [0.2, 0.25) is 5.91 Å². The number of benzene rings is 1. The molecule has 0 radical (unpaired) electrons. The number of fused-ring (bicyclic) bond motifs is 5. The van der Waals surface area contributed by atoms with Gasteiger partial charge in [-0.05, 0) is 61.5 Å². The number of nitrogens with one attached hydrogen (secondary N) is 1. The molecule has 3 saturated carbocycles. The van der Waals surface area contributed by atoms with Gasteiger partial charge < -0.3 is 5.32 Å². The van der Waals surface area contributed by atoms with Crippen LogP contribution < -0.4 is 5.32 Å². The van der Waals surface area contributed by atoms with Crippen molar-refractivity contribution in [1.29, 1.82) is 0 Å². The summed E-state index contributed by atoms with van der Waals surface area (Å²) in [4.78, 5) is 12.3. The molecule has 2 heteroatoms. The Labute approximate surface area is 108 Å². The van der Waals surface area contributed by atoms with Crippen LogP contribution in [0.1, 0.15) is 24.8 Å². The van der Waals surface area contributed by atoms with Crippen molar-refractivity contribution >= 4 is 11.6 Å². The molecule has 0 heterocycles. The zero-order valence-electron chi connectivity index (χ0n) is 10.7. The number of anilines is 1. The molecule has 1 amide bonds. The van der Waals surface area contributed by atoms with Crippen molar-refractivity contribution in [2.45, 2.75) is 26.2 Å². The van der Waals surface area contributed by atoms with Gasteiger partial charge in [0.25, 0.3) is 0 Å². The van der Waals surface area contributed by atoms with Crippen molar-refractivity contribution in [1.82, 2.24) is 0 Å². The van der Waals surface area contributed by atoms with Crippen LogP contribution in [-0.2, 0) is 4.79 Å². The number of rotatable bonds is 2. The van der Waals surface area contributed by atoms with Crippen LogP contribution in [0.2, 0.25) is 0 Å². The SMILES string of the molecule is Cc1ccccc1NC(=O)C1C2C3CCC(C3)C12. The third-order valence-corrected chi connectivity index (χ3v) is 5.44. The van der Waals surface area contributed by atoms with E-state index in [1.54, 1.807) is 0 Å². The van der Waals surface area contributed by atoms with E-state index in [1.165, 1.54) is 19.3 Å². The van der Waals surface area contributed by atoms with E-state index in [9.17, 15) is 4.79 Å². The van der Waals surface area contributed by atoms with Crippen molar-refractivity contribution in [2.75, 3.05) is 5.32 Å². The molecule has 0 aromatic heterocycles. The first-order valence-corrected chi connectivity index (χ1v) is 7.12. The molecule has 94 valence electrons.